The van der Waals surface area contributed by atoms with Crippen molar-refractivity contribution in [3.63, 3.8) is 0 Å². The Bertz CT molecular complexity index is 963. The number of halogens is 2. The predicted octanol–water partition coefficient (Wildman–Crippen LogP) is 5.08. The minimum Gasteiger partial charge on any atom is -0.383 e. The number of benzene rings is 2. The summed E-state index contributed by atoms with van der Waals surface area (Å²) in [5.41, 5.74) is 9.13. The van der Waals surface area contributed by atoms with E-state index >= 15 is 0 Å². The Hall–Kier alpha value is -2.71. The van der Waals surface area contributed by atoms with Crippen LogP contribution in [0.5, 0.6) is 0 Å². The molecule has 5 heteroatoms. The number of aromatic nitrogens is 1. The van der Waals surface area contributed by atoms with Crippen molar-refractivity contribution in [2.45, 2.75) is 6.92 Å². The van der Waals surface area contributed by atoms with Crippen molar-refractivity contribution in [3.05, 3.63) is 70.1 Å². The molecule has 3 rings (SSSR count). The standard InChI is InChI=1S/C19H13BrFN3/c1-11-17(12-5-3-2-4-6-12)18(15(10-22)19(23)24-11)14-8-7-13(20)9-16(14)21/h2-9H,1H3,(H2,23,24). The first-order valence-electron chi connectivity index (χ1n) is 7.24. The van der Waals surface area contributed by atoms with E-state index in [1.807, 2.05) is 30.3 Å². The largest absolute Gasteiger partial charge is 0.383 e. The number of nitrogen functional groups attached to an aromatic ring is 1. The molecular weight excluding hydrogens is 369 g/mol. The van der Waals surface area contributed by atoms with Gasteiger partial charge in [0, 0.05) is 26.9 Å². The van der Waals surface area contributed by atoms with Crippen LogP contribution in [-0.2, 0) is 0 Å². The average molecular weight is 382 g/mol. The Balaban J connectivity index is 2.45. The molecule has 24 heavy (non-hydrogen) atoms. The SMILES string of the molecule is Cc1nc(N)c(C#N)c(-c2ccc(Br)cc2F)c1-c1ccccc1. The van der Waals surface area contributed by atoms with E-state index in [4.69, 9.17) is 5.73 Å². The molecule has 0 saturated heterocycles. The third-order valence-corrected chi connectivity index (χ3v) is 4.27. The van der Waals surface area contributed by atoms with Crippen LogP contribution in [0.3, 0.4) is 0 Å². The highest BCUT2D eigenvalue weighted by atomic mass is 79.9. The number of hydrogen-bond donors (Lipinski definition) is 1. The maximum Gasteiger partial charge on any atom is 0.142 e. The van der Waals surface area contributed by atoms with Gasteiger partial charge in [0.05, 0.1) is 0 Å². The van der Waals surface area contributed by atoms with Gasteiger partial charge in [-0.15, -0.1) is 0 Å². The summed E-state index contributed by atoms with van der Waals surface area (Å²) >= 11 is 3.25. The fourth-order valence-electron chi connectivity index (χ4n) is 2.76. The minimum absolute atomic E-state index is 0.104. The van der Waals surface area contributed by atoms with Gasteiger partial charge in [0.1, 0.15) is 23.3 Å². The van der Waals surface area contributed by atoms with Gasteiger partial charge >= 0.3 is 0 Å². The third-order valence-electron chi connectivity index (χ3n) is 3.78. The van der Waals surface area contributed by atoms with Crippen molar-refractivity contribution >= 4 is 21.7 Å². The van der Waals surface area contributed by atoms with Crippen LogP contribution in [-0.4, -0.2) is 4.98 Å². The Kier molecular flexibility index (Phi) is 4.32. The van der Waals surface area contributed by atoms with Crippen molar-refractivity contribution in [3.8, 4) is 28.3 Å². The second kappa shape index (κ2) is 6.42. The summed E-state index contributed by atoms with van der Waals surface area (Å²) in [5.74, 6) is -0.324. The number of nitriles is 1. The molecule has 118 valence electrons. The molecule has 0 aliphatic rings. The molecule has 0 radical (unpaired) electrons. The molecule has 0 unspecified atom stereocenters. The van der Waals surface area contributed by atoms with Crippen LogP contribution in [0.15, 0.2) is 53.0 Å². The molecule has 0 atom stereocenters. The number of rotatable bonds is 2. The highest BCUT2D eigenvalue weighted by molar-refractivity contribution is 9.10. The average Bonchev–Trinajstić information content (AvgIpc) is 2.55. The molecular formula is C19H13BrFN3. The molecule has 0 aliphatic heterocycles. The van der Waals surface area contributed by atoms with Gasteiger partial charge in [-0.2, -0.15) is 5.26 Å². The summed E-state index contributed by atoms with van der Waals surface area (Å²) in [4.78, 5) is 4.28. The van der Waals surface area contributed by atoms with Crippen molar-refractivity contribution in [1.29, 1.82) is 5.26 Å². The highest BCUT2D eigenvalue weighted by Gasteiger charge is 2.21. The third kappa shape index (κ3) is 2.77. The number of nitrogens with two attached hydrogens (primary N) is 1. The first kappa shape index (κ1) is 16.2. The number of hydrogen-bond acceptors (Lipinski definition) is 3. The topological polar surface area (TPSA) is 62.7 Å². The lowest BCUT2D eigenvalue weighted by Crippen LogP contribution is -2.04. The summed E-state index contributed by atoms with van der Waals surface area (Å²) in [6.07, 6.45) is 0. The van der Waals surface area contributed by atoms with E-state index in [0.29, 0.717) is 26.9 Å². The van der Waals surface area contributed by atoms with Gasteiger partial charge in [-0.1, -0.05) is 52.3 Å². The van der Waals surface area contributed by atoms with Crippen LogP contribution in [0.2, 0.25) is 0 Å². The van der Waals surface area contributed by atoms with Crippen LogP contribution in [0.25, 0.3) is 22.3 Å². The fourth-order valence-corrected chi connectivity index (χ4v) is 3.09. The van der Waals surface area contributed by atoms with E-state index in [1.54, 1.807) is 19.1 Å². The Morgan fingerprint density at radius 3 is 2.46 bits per heavy atom. The molecule has 0 aliphatic carbocycles. The van der Waals surface area contributed by atoms with Crippen LogP contribution >= 0.6 is 15.9 Å². The second-order valence-electron chi connectivity index (χ2n) is 5.31. The molecule has 1 aromatic heterocycles. The van der Waals surface area contributed by atoms with Gasteiger partial charge < -0.3 is 5.73 Å². The Morgan fingerprint density at radius 1 is 1.12 bits per heavy atom. The van der Waals surface area contributed by atoms with E-state index in [0.717, 1.165) is 5.56 Å². The van der Waals surface area contributed by atoms with Gasteiger partial charge in [0.15, 0.2) is 0 Å². The van der Waals surface area contributed by atoms with E-state index in [1.165, 1.54) is 6.07 Å². The summed E-state index contributed by atoms with van der Waals surface area (Å²) in [7, 11) is 0. The Morgan fingerprint density at radius 2 is 1.83 bits per heavy atom. The van der Waals surface area contributed by atoms with E-state index in [9.17, 15) is 9.65 Å². The zero-order valence-corrected chi connectivity index (χ0v) is 14.4. The number of anilines is 1. The van der Waals surface area contributed by atoms with E-state index < -0.39 is 5.82 Å². The quantitative estimate of drug-likeness (QED) is 0.672. The zero-order chi connectivity index (χ0) is 17.3. The normalized spacial score (nSPS) is 10.4. The smallest absolute Gasteiger partial charge is 0.142 e. The number of pyridine rings is 1. The van der Waals surface area contributed by atoms with E-state index in [-0.39, 0.29) is 11.4 Å². The first-order valence-corrected chi connectivity index (χ1v) is 8.03. The molecule has 0 spiro atoms. The van der Waals surface area contributed by atoms with Crippen LogP contribution < -0.4 is 5.73 Å². The molecule has 3 aromatic rings. The predicted molar refractivity (Wildman–Crippen MR) is 96.6 cm³/mol. The van der Waals surface area contributed by atoms with Gasteiger partial charge in [0.2, 0.25) is 0 Å². The monoisotopic (exact) mass is 381 g/mol. The van der Waals surface area contributed by atoms with Gasteiger partial charge in [-0.05, 0) is 24.6 Å². The van der Waals surface area contributed by atoms with Crippen molar-refractivity contribution in [1.82, 2.24) is 4.98 Å². The molecule has 0 saturated carbocycles. The van der Waals surface area contributed by atoms with Crippen molar-refractivity contribution < 1.29 is 4.39 Å². The molecule has 0 amide bonds. The highest BCUT2D eigenvalue weighted by Crippen LogP contribution is 2.40. The zero-order valence-electron chi connectivity index (χ0n) is 12.8. The lowest BCUT2D eigenvalue weighted by molar-refractivity contribution is 0.630. The summed E-state index contributed by atoms with van der Waals surface area (Å²) in [6, 6.07) is 16.3. The van der Waals surface area contributed by atoms with Crippen LogP contribution in [0.1, 0.15) is 11.3 Å². The molecule has 0 bridgehead atoms. The fraction of sp³-hybridized carbons (Fsp3) is 0.0526. The van der Waals surface area contributed by atoms with Gasteiger partial charge in [-0.3, -0.25) is 0 Å². The summed E-state index contributed by atoms with van der Waals surface area (Å²) in [6.45, 7) is 1.81. The molecule has 1 heterocycles. The first-order chi connectivity index (χ1) is 11.5. The molecule has 0 fully saturated rings. The maximum atomic E-state index is 14.6. The minimum atomic E-state index is -0.428. The Labute approximate surface area is 147 Å². The maximum absolute atomic E-state index is 14.6. The molecule has 2 N–H and O–H groups in total. The second-order valence-corrected chi connectivity index (χ2v) is 6.23. The van der Waals surface area contributed by atoms with E-state index in [2.05, 4.69) is 27.0 Å². The summed E-state index contributed by atoms with van der Waals surface area (Å²) in [5, 5.41) is 9.57. The lowest BCUT2D eigenvalue weighted by atomic mass is 9.90. The number of nitrogens with zero attached hydrogens (tertiary/aromatic N) is 2. The molecule has 2 aromatic carbocycles. The van der Waals surface area contributed by atoms with Crippen LogP contribution in [0.4, 0.5) is 10.2 Å². The van der Waals surface area contributed by atoms with Crippen molar-refractivity contribution in [2.24, 2.45) is 0 Å². The summed E-state index contributed by atoms with van der Waals surface area (Å²) < 4.78 is 15.2. The van der Waals surface area contributed by atoms with Gasteiger partial charge in [-0.25, -0.2) is 9.37 Å². The van der Waals surface area contributed by atoms with Crippen LogP contribution in [0, 0.1) is 24.1 Å². The van der Waals surface area contributed by atoms with Gasteiger partial charge in [0.25, 0.3) is 0 Å². The lowest BCUT2D eigenvalue weighted by Gasteiger charge is -2.16. The number of aryl methyl sites for hydroxylation is 1. The van der Waals surface area contributed by atoms with Crippen molar-refractivity contribution in [2.75, 3.05) is 5.73 Å². The molecule has 3 nitrogen and oxygen atoms in total.